The van der Waals surface area contributed by atoms with Gasteiger partial charge in [0.1, 0.15) is 0 Å². The van der Waals surface area contributed by atoms with Crippen molar-refractivity contribution in [2.75, 3.05) is 20.3 Å². The van der Waals surface area contributed by atoms with Crippen molar-refractivity contribution < 1.29 is 19.4 Å². The van der Waals surface area contributed by atoms with Gasteiger partial charge in [0.25, 0.3) is 5.91 Å². The number of aliphatic hydroxyl groups is 1. The van der Waals surface area contributed by atoms with E-state index in [1.54, 1.807) is 6.07 Å². The maximum absolute atomic E-state index is 12.0. The van der Waals surface area contributed by atoms with Crippen molar-refractivity contribution in [2.24, 2.45) is 0 Å². The number of methoxy groups -OCH3 is 1. The number of esters is 1. The molecule has 106 valence electrons. The molecule has 1 heterocycles. The Morgan fingerprint density at radius 2 is 2.30 bits per heavy atom. The quantitative estimate of drug-likeness (QED) is 0.588. The van der Waals surface area contributed by atoms with Crippen LogP contribution in [0.4, 0.5) is 0 Å². The lowest BCUT2D eigenvalue weighted by Gasteiger charge is -2.05. The fourth-order valence-corrected chi connectivity index (χ4v) is 1.38. The van der Waals surface area contributed by atoms with Crippen molar-refractivity contribution in [3.8, 4) is 11.8 Å². The lowest BCUT2D eigenvalue weighted by Crippen LogP contribution is -2.27. The third-order valence-corrected chi connectivity index (χ3v) is 2.37. The number of hydrogen-bond donors (Lipinski definition) is 2. The van der Waals surface area contributed by atoms with Crippen molar-refractivity contribution in [1.82, 2.24) is 10.3 Å². The van der Waals surface area contributed by atoms with Crippen molar-refractivity contribution >= 4 is 11.9 Å². The van der Waals surface area contributed by atoms with Gasteiger partial charge in [0.05, 0.1) is 31.3 Å². The van der Waals surface area contributed by atoms with E-state index in [1.165, 1.54) is 19.5 Å². The summed E-state index contributed by atoms with van der Waals surface area (Å²) >= 11 is 0. The van der Waals surface area contributed by atoms with Crippen LogP contribution in [0, 0.1) is 11.8 Å². The third-order valence-electron chi connectivity index (χ3n) is 2.37. The van der Waals surface area contributed by atoms with Crippen LogP contribution >= 0.6 is 0 Å². The van der Waals surface area contributed by atoms with Gasteiger partial charge in [-0.2, -0.15) is 0 Å². The molecular weight excluding hydrogens is 260 g/mol. The summed E-state index contributed by atoms with van der Waals surface area (Å²) in [5.41, 5.74) is 0.867. The molecule has 0 aliphatic carbocycles. The fourth-order valence-electron chi connectivity index (χ4n) is 1.38. The summed E-state index contributed by atoms with van der Waals surface area (Å²) in [6.45, 7) is 0.158. The molecule has 0 aromatic carbocycles. The Morgan fingerprint density at radius 3 is 3.00 bits per heavy atom. The fraction of sp³-hybridized carbons (Fsp3) is 0.357. The monoisotopic (exact) mass is 276 g/mol. The minimum Gasteiger partial charge on any atom is -0.469 e. The van der Waals surface area contributed by atoms with E-state index in [2.05, 4.69) is 26.9 Å². The molecule has 6 heteroatoms. The molecule has 0 saturated heterocycles. The Balaban J connectivity index is 2.68. The highest BCUT2D eigenvalue weighted by molar-refractivity contribution is 5.96. The van der Waals surface area contributed by atoms with Gasteiger partial charge in [-0.05, 0) is 6.07 Å². The van der Waals surface area contributed by atoms with Crippen LogP contribution in [0.3, 0.4) is 0 Å². The maximum Gasteiger partial charge on any atom is 0.307 e. The van der Waals surface area contributed by atoms with E-state index in [0.29, 0.717) is 17.5 Å². The summed E-state index contributed by atoms with van der Waals surface area (Å²) < 4.78 is 4.48. The van der Waals surface area contributed by atoms with Gasteiger partial charge < -0.3 is 15.2 Å². The lowest BCUT2D eigenvalue weighted by molar-refractivity contribution is -0.140. The van der Waals surface area contributed by atoms with Crippen molar-refractivity contribution in [2.45, 2.75) is 12.8 Å². The molecule has 1 rings (SSSR count). The van der Waals surface area contributed by atoms with Crippen molar-refractivity contribution in [1.29, 1.82) is 0 Å². The first-order valence-electron chi connectivity index (χ1n) is 6.07. The summed E-state index contributed by atoms with van der Waals surface area (Å²) in [7, 11) is 1.29. The topological polar surface area (TPSA) is 88.5 Å². The molecular formula is C14H16N2O4. The zero-order valence-corrected chi connectivity index (χ0v) is 11.2. The molecule has 0 aliphatic heterocycles. The van der Waals surface area contributed by atoms with Crippen LogP contribution in [0.5, 0.6) is 0 Å². The molecule has 1 amide bonds. The van der Waals surface area contributed by atoms with Crippen molar-refractivity contribution in [3.63, 3.8) is 0 Å². The summed E-state index contributed by atoms with van der Waals surface area (Å²) in [4.78, 5) is 26.8. The Labute approximate surface area is 117 Å². The van der Waals surface area contributed by atoms with Crippen LogP contribution in [0.25, 0.3) is 0 Å². The van der Waals surface area contributed by atoms with Gasteiger partial charge in [0.15, 0.2) is 0 Å². The number of amides is 1. The molecule has 6 nitrogen and oxygen atoms in total. The molecule has 0 spiro atoms. The maximum atomic E-state index is 12.0. The Bertz CT molecular complexity index is 531. The second-order valence-electron chi connectivity index (χ2n) is 3.78. The predicted octanol–water partition coefficient (Wildman–Crippen LogP) is 0.108. The van der Waals surface area contributed by atoms with E-state index in [-0.39, 0.29) is 31.4 Å². The molecule has 20 heavy (non-hydrogen) atoms. The van der Waals surface area contributed by atoms with Gasteiger partial charge in [-0.3, -0.25) is 14.6 Å². The second kappa shape index (κ2) is 8.67. The van der Waals surface area contributed by atoms with E-state index < -0.39 is 0 Å². The van der Waals surface area contributed by atoms with E-state index in [4.69, 9.17) is 5.11 Å². The Kier molecular flexibility index (Phi) is 6.79. The van der Waals surface area contributed by atoms with Gasteiger partial charge in [-0.25, -0.2) is 0 Å². The van der Waals surface area contributed by atoms with Gasteiger partial charge in [0, 0.05) is 25.4 Å². The minimum absolute atomic E-state index is 0.0338. The van der Waals surface area contributed by atoms with Crippen molar-refractivity contribution in [3.05, 3.63) is 29.6 Å². The largest absolute Gasteiger partial charge is 0.469 e. The number of nitrogens with one attached hydrogen (secondary N) is 1. The molecule has 2 N–H and O–H groups in total. The SMILES string of the molecule is COC(=O)CCNC(=O)c1ccncc1C#CCCO. The van der Waals surface area contributed by atoms with Gasteiger partial charge >= 0.3 is 5.97 Å². The molecule has 0 fully saturated rings. The van der Waals surface area contributed by atoms with E-state index >= 15 is 0 Å². The highest BCUT2D eigenvalue weighted by atomic mass is 16.5. The Morgan fingerprint density at radius 1 is 1.50 bits per heavy atom. The molecule has 0 bridgehead atoms. The first-order valence-corrected chi connectivity index (χ1v) is 6.07. The highest BCUT2D eigenvalue weighted by Crippen LogP contribution is 2.05. The zero-order valence-electron chi connectivity index (χ0n) is 11.2. The highest BCUT2D eigenvalue weighted by Gasteiger charge is 2.10. The number of rotatable bonds is 5. The number of aromatic nitrogens is 1. The summed E-state index contributed by atoms with van der Waals surface area (Å²) in [5, 5.41) is 11.3. The van der Waals surface area contributed by atoms with E-state index in [0.717, 1.165) is 0 Å². The number of carbonyl (C=O) groups excluding carboxylic acids is 2. The lowest BCUT2D eigenvalue weighted by atomic mass is 10.1. The average molecular weight is 276 g/mol. The predicted molar refractivity (Wildman–Crippen MR) is 71.8 cm³/mol. The number of nitrogens with zero attached hydrogens (tertiary/aromatic N) is 1. The number of aliphatic hydroxyl groups excluding tert-OH is 1. The number of pyridine rings is 1. The summed E-state index contributed by atoms with van der Waals surface area (Å²) in [5.74, 6) is 4.80. The van der Waals surface area contributed by atoms with Crippen LogP contribution in [-0.4, -0.2) is 42.2 Å². The number of hydrogen-bond acceptors (Lipinski definition) is 5. The summed E-state index contributed by atoms with van der Waals surface area (Å²) in [6, 6.07) is 1.55. The summed E-state index contributed by atoms with van der Waals surface area (Å²) in [6.07, 6.45) is 3.42. The molecule has 1 aromatic heterocycles. The van der Waals surface area contributed by atoms with Crippen LogP contribution < -0.4 is 5.32 Å². The van der Waals surface area contributed by atoms with Crippen LogP contribution in [0.15, 0.2) is 18.5 Å². The first kappa shape index (κ1) is 15.7. The smallest absolute Gasteiger partial charge is 0.307 e. The molecule has 0 radical (unpaired) electrons. The molecule has 1 aromatic rings. The van der Waals surface area contributed by atoms with Gasteiger partial charge in [-0.1, -0.05) is 11.8 Å². The van der Waals surface area contributed by atoms with E-state index in [1.807, 2.05) is 0 Å². The number of carbonyl (C=O) groups is 2. The molecule has 0 atom stereocenters. The van der Waals surface area contributed by atoms with Crippen LogP contribution in [0.2, 0.25) is 0 Å². The van der Waals surface area contributed by atoms with Gasteiger partial charge in [-0.15, -0.1) is 0 Å². The molecule has 0 unspecified atom stereocenters. The van der Waals surface area contributed by atoms with E-state index in [9.17, 15) is 9.59 Å². The van der Waals surface area contributed by atoms with Crippen LogP contribution in [-0.2, 0) is 9.53 Å². The molecule has 0 saturated carbocycles. The standard InChI is InChI=1S/C14H16N2O4/c1-20-13(18)6-8-16-14(19)12-5-7-15-10-11(12)4-2-3-9-17/h5,7,10,17H,3,6,8-9H2,1H3,(H,16,19). The second-order valence-corrected chi connectivity index (χ2v) is 3.78. The first-order chi connectivity index (χ1) is 9.69. The third kappa shape index (κ3) is 5.08. The zero-order chi connectivity index (χ0) is 14.8. The average Bonchev–Trinajstić information content (AvgIpc) is 2.47. The van der Waals surface area contributed by atoms with Gasteiger partial charge in [0.2, 0.25) is 0 Å². The van der Waals surface area contributed by atoms with Crippen LogP contribution in [0.1, 0.15) is 28.8 Å². The normalized spacial score (nSPS) is 9.30. The Hall–Kier alpha value is -2.39. The molecule has 0 aliphatic rings. The number of ether oxygens (including phenoxy) is 1. The minimum atomic E-state index is -0.386.